The lowest BCUT2D eigenvalue weighted by molar-refractivity contribution is -0.0799. The van der Waals surface area contributed by atoms with Crippen LogP contribution in [0.1, 0.15) is 98.9 Å². The third-order valence-electron chi connectivity index (χ3n) is 8.80. The van der Waals surface area contributed by atoms with Crippen molar-refractivity contribution < 1.29 is 19.4 Å². The Morgan fingerprint density at radius 3 is 2.75 bits per heavy atom. The van der Waals surface area contributed by atoms with Gasteiger partial charge in [-0.3, -0.25) is 4.79 Å². The number of furan rings is 1. The molecule has 1 fully saturated rings. The minimum atomic E-state index is -0.847. The van der Waals surface area contributed by atoms with Crippen molar-refractivity contribution >= 4 is 5.78 Å². The van der Waals surface area contributed by atoms with Gasteiger partial charge in [-0.15, -0.1) is 0 Å². The summed E-state index contributed by atoms with van der Waals surface area (Å²) < 4.78 is 5.51. The zero-order chi connectivity index (χ0) is 25.9. The fourth-order valence-electron chi connectivity index (χ4n) is 6.64. The highest BCUT2D eigenvalue weighted by Gasteiger charge is 2.57. The quantitative estimate of drug-likeness (QED) is 0.388. The van der Waals surface area contributed by atoms with E-state index in [0.717, 1.165) is 49.8 Å². The maximum atomic E-state index is 13.7. The minimum absolute atomic E-state index is 0.0436. The molecule has 1 heterocycles. The number of aliphatic hydroxyl groups is 2. The highest BCUT2D eigenvalue weighted by atomic mass is 16.3. The molecule has 2 bridgehead atoms. The molecule has 2 aromatic rings. The fourth-order valence-corrected chi connectivity index (χ4v) is 6.64. The molecule has 5 heteroatoms. The van der Waals surface area contributed by atoms with Crippen molar-refractivity contribution in [1.82, 2.24) is 4.90 Å². The van der Waals surface area contributed by atoms with Crippen molar-refractivity contribution in [2.75, 3.05) is 20.1 Å². The normalized spacial score (nSPS) is 29.1. The second-order valence-electron chi connectivity index (χ2n) is 11.5. The lowest BCUT2D eigenvalue weighted by Crippen LogP contribution is -2.51. The molecule has 0 radical (unpaired) electrons. The summed E-state index contributed by atoms with van der Waals surface area (Å²) in [4.78, 5) is 15.9. The summed E-state index contributed by atoms with van der Waals surface area (Å²) in [6.07, 6.45) is 9.70. The Morgan fingerprint density at radius 2 is 2.03 bits per heavy atom. The number of aliphatic hydroxyl groups excluding tert-OH is 1. The van der Waals surface area contributed by atoms with Gasteiger partial charge in [0.05, 0.1) is 18.0 Å². The van der Waals surface area contributed by atoms with E-state index in [2.05, 4.69) is 50.9 Å². The van der Waals surface area contributed by atoms with E-state index in [-0.39, 0.29) is 11.7 Å². The van der Waals surface area contributed by atoms with Gasteiger partial charge in [-0.1, -0.05) is 37.6 Å². The molecule has 3 aliphatic rings. The van der Waals surface area contributed by atoms with E-state index in [1.807, 2.05) is 6.07 Å². The maximum Gasteiger partial charge on any atom is 0.228 e. The molecule has 2 N–H and O–H groups in total. The molecular weight excluding hydrogens is 450 g/mol. The van der Waals surface area contributed by atoms with E-state index in [1.54, 1.807) is 12.1 Å². The SMILES string of the molecule is CCCN(C)CC1(O)CCC2c3ccc(cc3C(=O)c3ccco3)CC(O)CCC(C)=CCCC21C. The monoisotopic (exact) mass is 493 g/mol. The molecule has 4 unspecified atom stereocenters. The number of nitrogens with zero attached hydrogens (tertiary/aromatic N) is 1. The van der Waals surface area contributed by atoms with E-state index in [4.69, 9.17) is 4.42 Å². The van der Waals surface area contributed by atoms with Gasteiger partial charge in [-0.2, -0.15) is 0 Å². The molecule has 5 nitrogen and oxygen atoms in total. The van der Waals surface area contributed by atoms with Crippen molar-refractivity contribution in [3.8, 4) is 0 Å². The predicted octanol–water partition coefficient (Wildman–Crippen LogP) is 5.89. The van der Waals surface area contributed by atoms with Gasteiger partial charge >= 0.3 is 0 Å². The van der Waals surface area contributed by atoms with Gasteiger partial charge in [0.2, 0.25) is 5.78 Å². The van der Waals surface area contributed by atoms with Crippen molar-refractivity contribution in [1.29, 1.82) is 0 Å². The van der Waals surface area contributed by atoms with Crippen LogP contribution in [0.4, 0.5) is 0 Å². The summed E-state index contributed by atoms with van der Waals surface area (Å²) in [6, 6.07) is 9.55. The highest BCUT2D eigenvalue weighted by Crippen LogP contribution is 2.58. The summed E-state index contributed by atoms with van der Waals surface area (Å²) in [5.74, 6) is 0.239. The lowest BCUT2D eigenvalue weighted by atomic mass is 9.64. The number of ketones is 1. The molecule has 4 atom stereocenters. The van der Waals surface area contributed by atoms with Crippen LogP contribution in [0.2, 0.25) is 0 Å². The predicted molar refractivity (Wildman–Crippen MR) is 143 cm³/mol. The Balaban J connectivity index is 1.82. The number of fused-ring (bicyclic) bond motifs is 8. The van der Waals surface area contributed by atoms with Crippen LogP contribution in [0.15, 0.2) is 52.7 Å². The molecule has 5 rings (SSSR count). The van der Waals surface area contributed by atoms with Gasteiger partial charge in [0.25, 0.3) is 0 Å². The van der Waals surface area contributed by atoms with Crippen LogP contribution in [-0.2, 0) is 6.42 Å². The third-order valence-corrected chi connectivity index (χ3v) is 8.80. The first-order valence-electron chi connectivity index (χ1n) is 13.6. The Morgan fingerprint density at radius 1 is 1.22 bits per heavy atom. The standard InChI is InChI=1S/C31H43NO4/c1-5-17-32(4)21-31(35)16-14-27-25-13-11-23(20-26(25)29(34)28-9-7-18-36-28)19-24(33)12-10-22(2)8-6-15-30(27,31)3/h7-9,11,13,18,20,24,27,33,35H,5-6,10,12,14-17,19,21H2,1-4H3. The van der Waals surface area contributed by atoms with Crippen molar-refractivity contribution in [3.63, 3.8) is 0 Å². The molecule has 0 aliphatic heterocycles. The number of carbonyl (C=O) groups excluding carboxylic acids is 1. The van der Waals surface area contributed by atoms with E-state index in [9.17, 15) is 15.0 Å². The Hall–Kier alpha value is -2.21. The van der Waals surface area contributed by atoms with Crippen LogP contribution in [0.3, 0.4) is 0 Å². The Bertz CT molecular complexity index is 1070. The van der Waals surface area contributed by atoms with Crippen molar-refractivity contribution in [2.24, 2.45) is 5.41 Å². The first-order chi connectivity index (χ1) is 17.2. The number of carbonyl (C=O) groups is 1. The van der Waals surface area contributed by atoms with Gasteiger partial charge in [0, 0.05) is 17.5 Å². The summed E-state index contributed by atoms with van der Waals surface area (Å²) in [6.45, 7) is 8.12. The molecule has 0 amide bonds. The molecule has 3 aliphatic carbocycles. The third kappa shape index (κ3) is 5.39. The lowest BCUT2D eigenvalue weighted by Gasteiger charge is -2.45. The average molecular weight is 494 g/mol. The molecule has 196 valence electrons. The fraction of sp³-hybridized carbons (Fsp3) is 0.581. The van der Waals surface area contributed by atoms with Gasteiger partial charge in [-0.25, -0.2) is 0 Å². The maximum absolute atomic E-state index is 13.7. The summed E-state index contributed by atoms with van der Waals surface area (Å²) in [7, 11) is 2.09. The number of likely N-dealkylation sites (N-methyl/N-ethyl adjacent to an activating group) is 1. The second-order valence-corrected chi connectivity index (χ2v) is 11.5. The van der Waals surface area contributed by atoms with E-state index in [1.165, 1.54) is 11.8 Å². The van der Waals surface area contributed by atoms with Gasteiger partial charge in [0.15, 0.2) is 5.76 Å². The molecular formula is C31H43NO4. The van der Waals surface area contributed by atoms with Crippen LogP contribution in [0.25, 0.3) is 0 Å². The van der Waals surface area contributed by atoms with Crippen LogP contribution < -0.4 is 0 Å². The number of benzene rings is 1. The number of hydrogen-bond acceptors (Lipinski definition) is 5. The van der Waals surface area contributed by atoms with Crippen LogP contribution in [-0.4, -0.2) is 52.7 Å². The zero-order valence-electron chi connectivity index (χ0n) is 22.4. The summed E-state index contributed by atoms with van der Waals surface area (Å²) in [5.41, 5.74) is 2.64. The Labute approximate surface area is 216 Å². The number of allylic oxidation sites excluding steroid dienone is 2. The van der Waals surface area contributed by atoms with Crippen molar-refractivity contribution in [3.05, 3.63) is 70.7 Å². The largest absolute Gasteiger partial charge is 0.461 e. The van der Waals surface area contributed by atoms with Crippen LogP contribution in [0, 0.1) is 5.41 Å². The number of hydrogen-bond donors (Lipinski definition) is 2. The van der Waals surface area contributed by atoms with Gasteiger partial charge in [-0.05, 0) is 107 Å². The molecule has 1 saturated carbocycles. The highest BCUT2D eigenvalue weighted by molar-refractivity contribution is 6.08. The molecule has 1 aromatic heterocycles. The van der Waals surface area contributed by atoms with Crippen LogP contribution >= 0.6 is 0 Å². The Kier molecular flexibility index (Phi) is 8.23. The summed E-state index contributed by atoms with van der Waals surface area (Å²) >= 11 is 0. The summed E-state index contributed by atoms with van der Waals surface area (Å²) in [5, 5.41) is 22.9. The van der Waals surface area contributed by atoms with Crippen LogP contribution in [0.5, 0.6) is 0 Å². The van der Waals surface area contributed by atoms with Gasteiger partial charge in [0.1, 0.15) is 0 Å². The zero-order valence-corrected chi connectivity index (χ0v) is 22.4. The smallest absolute Gasteiger partial charge is 0.228 e. The molecule has 0 spiro atoms. The molecule has 36 heavy (non-hydrogen) atoms. The molecule has 1 aromatic carbocycles. The second kappa shape index (κ2) is 11.0. The van der Waals surface area contributed by atoms with E-state index in [0.29, 0.717) is 37.1 Å². The first kappa shape index (κ1) is 26.8. The van der Waals surface area contributed by atoms with Crippen molar-refractivity contribution in [2.45, 2.75) is 89.8 Å². The average Bonchev–Trinajstić information content (AvgIpc) is 3.45. The van der Waals surface area contributed by atoms with E-state index < -0.39 is 17.1 Å². The molecule has 0 saturated heterocycles. The van der Waals surface area contributed by atoms with Gasteiger partial charge < -0.3 is 19.5 Å². The first-order valence-corrected chi connectivity index (χ1v) is 13.6. The topological polar surface area (TPSA) is 73.9 Å². The number of rotatable bonds is 6. The minimum Gasteiger partial charge on any atom is -0.461 e. The van der Waals surface area contributed by atoms with E-state index >= 15 is 0 Å².